The fourth-order valence-electron chi connectivity index (χ4n) is 1.21. The van der Waals surface area contributed by atoms with Crippen molar-refractivity contribution in [2.24, 2.45) is 0 Å². The monoisotopic (exact) mass is 226 g/mol. The Kier molecular flexibility index (Phi) is 5.15. The van der Waals surface area contributed by atoms with Crippen molar-refractivity contribution >= 4 is 11.8 Å². The van der Waals surface area contributed by atoms with Gasteiger partial charge in [-0.1, -0.05) is 12.1 Å². The minimum Gasteiger partial charge on any atom is -0.386 e. The topological polar surface area (TPSA) is 29.5 Å². The van der Waals surface area contributed by atoms with E-state index >= 15 is 0 Å². The maximum Gasteiger partial charge on any atom is 0.102 e. The van der Waals surface area contributed by atoms with Gasteiger partial charge in [-0.3, -0.25) is 0 Å². The van der Waals surface area contributed by atoms with Crippen LogP contribution in [-0.2, 0) is 4.74 Å². The molecule has 84 valence electrons. The number of benzene rings is 1. The van der Waals surface area contributed by atoms with E-state index in [0.29, 0.717) is 6.61 Å². The normalized spacial score (nSPS) is 13.1. The molecular formula is C12H18O2S. The summed E-state index contributed by atoms with van der Waals surface area (Å²) >= 11 is 1.69. The van der Waals surface area contributed by atoms with E-state index in [1.807, 2.05) is 44.4 Å². The van der Waals surface area contributed by atoms with Gasteiger partial charge in [0.25, 0.3) is 0 Å². The Morgan fingerprint density at radius 3 is 2.33 bits per heavy atom. The summed E-state index contributed by atoms with van der Waals surface area (Å²) in [6.07, 6.45) is 1.67. The second-order valence-corrected chi connectivity index (χ2v) is 4.55. The highest BCUT2D eigenvalue weighted by Crippen LogP contribution is 2.19. The molecule has 0 aliphatic heterocycles. The summed E-state index contributed by atoms with van der Waals surface area (Å²) in [6, 6.07) is 7.91. The third kappa shape index (κ3) is 4.24. The average molecular weight is 226 g/mol. The van der Waals surface area contributed by atoms with E-state index in [2.05, 4.69) is 0 Å². The molecule has 0 saturated heterocycles. The molecule has 2 nitrogen and oxygen atoms in total. The summed E-state index contributed by atoms with van der Waals surface area (Å²) in [5, 5.41) is 9.80. The molecule has 1 aromatic rings. The standard InChI is InChI=1S/C12H18O2S/c1-9(2)14-8-12(13)10-4-6-11(15-3)7-5-10/h4-7,9,12-13H,8H2,1-3H3. The fourth-order valence-corrected chi connectivity index (χ4v) is 1.61. The molecule has 1 atom stereocenters. The minimum absolute atomic E-state index is 0.158. The Labute approximate surface area is 95.7 Å². The first-order valence-corrected chi connectivity index (χ1v) is 6.29. The first kappa shape index (κ1) is 12.6. The zero-order chi connectivity index (χ0) is 11.3. The molecular weight excluding hydrogens is 208 g/mol. The van der Waals surface area contributed by atoms with Crippen molar-refractivity contribution in [3.05, 3.63) is 29.8 Å². The van der Waals surface area contributed by atoms with Gasteiger partial charge in [0.15, 0.2) is 0 Å². The number of aliphatic hydroxyl groups is 1. The van der Waals surface area contributed by atoms with Crippen LogP contribution in [-0.4, -0.2) is 24.1 Å². The van der Waals surface area contributed by atoms with Crippen LogP contribution < -0.4 is 0 Å². The van der Waals surface area contributed by atoms with Gasteiger partial charge in [-0.15, -0.1) is 11.8 Å². The second-order valence-electron chi connectivity index (χ2n) is 3.67. The Bertz CT molecular complexity index is 282. The molecule has 0 aliphatic carbocycles. The molecule has 0 saturated carbocycles. The first-order valence-electron chi connectivity index (χ1n) is 5.07. The van der Waals surface area contributed by atoms with Crippen molar-refractivity contribution in [1.29, 1.82) is 0 Å². The number of hydrogen-bond donors (Lipinski definition) is 1. The second kappa shape index (κ2) is 6.16. The quantitative estimate of drug-likeness (QED) is 0.783. The summed E-state index contributed by atoms with van der Waals surface area (Å²) in [7, 11) is 0. The van der Waals surface area contributed by atoms with Gasteiger partial charge >= 0.3 is 0 Å². The molecule has 0 fully saturated rings. The van der Waals surface area contributed by atoms with E-state index in [4.69, 9.17) is 4.74 Å². The average Bonchev–Trinajstić information content (AvgIpc) is 2.26. The number of rotatable bonds is 5. The van der Waals surface area contributed by atoms with Gasteiger partial charge in [0.2, 0.25) is 0 Å². The molecule has 1 N–H and O–H groups in total. The highest BCUT2D eigenvalue weighted by molar-refractivity contribution is 7.98. The van der Waals surface area contributed by atoms with Crippen molar-refractivity contribution < 1.29 is 9.84 Å². The Balaban J connectivity index is 2.54. The lowest BCUT2D eigenvalue weighted by Gasteiger charge is -2.13. The van der Waals surface area contributed by atoms with Crippen molar-refractivity contribution in [2.45, 2.75) is 31.0 Å². The van der Waals surface area contributed by atoms with Gasteiger partial charge in [0, 0.05) is 4.90 Å². The van der Waals surface area contributed by atoms with Gasteiger partial charge in [-0.2, -0.15) is 0 Å². The first-order chi connectivity index (χ1) is 7.13. The lowest BCUT2D eigenvalue weighted by molar-refractivity contribution is 0.00491. The summed E-state index contributed by atoms with van der Waals surface area (Å²) in [4.78, 5) is 1.20. The van der Waals surface area contributed by atoms with Crippen LogP contribution in [0.4, 0.5) is 0 Å². The van der Waals surface area contributed by atoms with Gasteiger partial charge in [-0.05, 0) is 37.8 Å². The zero-order valence-corrected chi connectivity index (χ0v) is 10.3. The van der Waals surface area contributed by atoms with Crippen LogP contribution in [0.1, 0.15) is 25.5 Å². The molecule has 3 heteroatoms. The number of aliphatic hydroxyl groups excluding tert-OH is 1. The molecule has 0 bridgehead atoms. The third-order valence-corrected chi connectivity index (χ3v) is 2.83. The fraction of sp³-hybridized carbons (Fsp3) is 0.500. The van der Waals surface area contributed by atoms with E-state index in [1.54, 1.807) is 11.8 Å². The SMILES string of the molecule is CSc1ccc(C(O)COC(C)C)cc1. The molecule has 0 spiro atoms. The van der Waals surface area contributed by atoms with Gasteiger partial charge < -0.3 is 9.84 Å². The highest BCUT2D eigenvalue weighted by Gasteiger charge is 2.08. The minimum atomic E-state index is -0.525. The van der Waals surface area contributed by atoms with Crippen molar-refractivity contribution in [3.8, 4) is 0 Å². The molecule has 1 unspecified atom stereocenters. The van der Waals surface area contributed by atoms with Crippen molar-refractivity contribution in [1.82, 2.24) is 0 Å². The molecule has 0 aliphatic rings. The van der Waals surface area contributed by atoms with Crippen LogP contribution in [0.5, 0.6) is 0 Å². The molecule has 0 amide bonds. The highest BCUT2D eigenvalue weighted by atomic mass is 32.2. The summed E-state index contributed by atoms with van der Waals surface area (Å²) < 4.78 is 5.36. The Morgan fingerprint density at radius 2 is 1.87 bits per heavy atom. The molecule has 0 aromatic heterocycles. The van der Waals surface area contributed by atoms with Gasteiger partial charge in [0.1, 0.15) is 6.10 Å². The zero-order valence-electron chi connectivity index (χ0n) is 9.43. The van der Waals surface area contributed by atoms with Crippen LogP contribution in [0.25, 0.3) is 0 Å². The number of ether oxygens (including phenoxy) is 1. The molecule has 15 heavy (non-hydrogen) atoms. The summed E-state index contributed by atoms with van der Waals surface area (Å²) in [5.41, 5.74) is 0.911. The predicted octanol–water partition coefficient (Wildman–Crippen LogP) is 2.87. The molecule has 0 radical (unpaired) electrons. The van der Waals surface area contributed by atoms with Crippen molar-refractivity contribution in [2.75, 3.05) is 12.9 Å². The molecule has 1 rings (SSSR count). The van der Waals surface area contributed by atoms with E-state index in [1.165, 1.54) is 4.90 Å². The predicted molar refractivity (Wildman–Crippen MR) is 64.3 cm³/mol. The maximum absolute atomic E-state index is 9.80. The third-order valence-electron chi connectivity index (χ3n) is 2.09. The number of hydrogen-bond acceptors (Lipinski definition) is 3. The smallest absolute Gasteiger partial charge is 0.102 e. The summed E-state index contributed by atoms with van der Waals surface area (Å²) in [5.74, 6) is 0. The lowest BCUT2D eigenvalue weighted by Crippen LogP contribution is -2.11. The van der Waals surface area contributed by atoms with Crippen LogP contribution in [0, 0.1) is 0 Å². The molecule has 0 heterocycles. The van der Waals surface area contributed by atoms with Gasteiger partial charge in [-0.25, -0.2) is 0 Å². The molecule has 1 aromatic carbocycles. The lowest BCUT2D eigenvalue weighted by atomic mass is 10.1. The van der Waals surface area contributed by atoms with E-state index in [9.17, 15) is 5.11 Å². The van der Waals surface area contributed by atoms with E-state index in [0.717, 1.165) is 5.56 Å². The van der Waals surface area contributed by atoms with E-state index in [-0.39, 0.29) is 6.10 Å². The Hall–Kier alpha value is -0.510. The van der Waals surface area contributed by atoms with Crippen LogP contribution in [0.3, 0.4) is 0 Å². The maximum atomic E-state index is 9.80. The number of thioether (sulfide) groups is 1. The van der Waals surface area contributed by atoms with Crippen LogP contribution in [0.2, 0.25) is 0 Å². The van der Waals surface area contributed by atoms with E-state index < -0.39 is 6.10 Å². The summed E-state index contributed by atoms with van der Waals surface area (Å²) in [6.45, 7) is 4.28. The van der Waals surface area contributed by atoms with Crippen LogP contribution in [0.15, 0.2) is 29.2 Å². The van der Waals surface area contributed by atoms with Crippen LogP contribution >= 0.6 is 11.8 Å². The Morgan fingerprint density at radius 1 is 1.27 bits per heavy atom. The largest absolute Gasteiger partial charge is 0.386 e. The van der Waals surface area contributed by atoms with Crippen molar-refractivity contribution in [3.63, 3.8) is 0 Å². The van der Waals surface area contributed by atoms with Gasteiger partial charge in [0.05, 0.1) is 12.7 Å².